The molecule has 1 aliphatic rings. The van der Waals surface area contributed by atoms with Crippen molar-refractivity contribution in [2.75, 3.05) is 0 Å². The molecule has 2 aromatic rings. The zero-order chi connectivity index (χ0) is 18.8. The van der Waals surface area contributed by atoms with Crippen molar-refractivity contribution in [3.05, 3.63) is 75.2 Å². The Bertz CT molecular complexity index is 913. The van der Waals surface area contributed by atoms with Crippen LogP contribution in [0.25, 0.3) is 0 Å². The summed E-state index contributed by atoms with van der Waals surface area (Å²) in [6.07, 6.45) is -0.364. The van der Waals surface area contributed by atoms with E-state index >= 15 is 0 Å². The van der Waals surface area contributed by atoms with E-state index < -0.39 is 23.9 Å². The van der Waals surface area contributed by atoms with E-state index in [1.165, 1.54) is 0 Å². The first-order chi connectivity index (χ1) is 12.4. The quantitative estimate of drug-likeness (QED) is 0.802. The summed E-state index contributed by atoms with van der Waals surface area (Å²) >= 11 is 0. The van der Waals surface area contributed by atoms with Gasteiger partial charge in [-0.3, -0.25) is 4.79 Å². The van der Waals surface area contributed by atoms with Gasteiger partial charge in [0.05, 0.1) is 12.0 Å². The van der Waals surface area contributed by atoms with Gasteiger partial charge < -0.3 is 24.7 Å². The number of rotatable bonds is 4. The molecular formula is C19H19NO6. The zero-order valence-electron chi connectivity index (χ0n) is 14.4. The Labute approximate surface area is 149 Å². The highest BCUT2D eigenvalue weighted by Gasteiger charge is 2.39. The molecule has 0 saturated carbocycles. The summed E-state index contributed by atoms with van der Waals surface area (Å²) in [4.78, 5) is 25.0. The lowest BCUT2D eigenvalue weighted by molar-refractivity contribution is -0.143. The van der Waals surface area contributed by atoms with E-state index in [-0.39, 0.29) is 34.8 Å². The van der Waals surface area contributed by atoms with E-state index in [9.17, 15) is 14.7 Å². The van der Waals surface area contributed by atoms with Crippen LogP contribution < -0.4 is 15.9 Å². The number of fused-ring (bicyclic) bond motifs is 1. The Morgan fingerprint density at radius 3 is 2.62 bits per heavy atom. The van der Waals surface area contributed by atoms with E-state index in [0.29, 0.717) is 5.56 Å². The molecule has 3 rings (SSSR count). The van der Waals surface area contributed by atoms with Crippen LogP contribution in [0, 0.1) is 0 Å². The molecule has 1 aliphatic heterocycles. The Morgan fingerprint density at radius 1 is 1.31 bits per heavy atom. The van der Waals surface area contributed by atoms with Crippen LogP contribution in [-0.4, -0.2) is 17.2 Å². The molecule has 7 nitrogen and oxygen atoms in total. The third-order valence-electron chi connectivity index (χ3n) is 3.86. The van der Waals surface area contributed by atoms with Gasteiger partial charge in [0.2, 0.25) is 17.1 Å². The van der Waals surface area contributed by atoms with Crippen LogP contribution in [-0.2, 0) is 16.1 Å². The van der Waals surface area contributed by atoms with Crippen LogP contribution in [0.4, 0.5) is 0 Å². The second-order valence-corrected chi connectivity index (χ2v) is 6.11. The number of hydrogen-bond donors (Lipinski definition) is 2. The normalized spacial score (nSPS) is 16.2. The number of esters is 1. The summed E-state index contributed by atoms with van der Waals surface area (Å²) in [6, 6.07) is 10.1. The van der Waals surface area contributed by atoms with Gasteiger partial charge in [0.15, 0.2) is 5.76 Å². The van der Waals surface area contributed by atoms with Crippen molar-refractivity contribution in [2.24, 2.45) is 5.73 Å². The fraction of sp³-hybridized carbons (Fsp3) is 0.263. The maximum Gasteiger partial charge on any atom is 0.340 e. The fourth-order valence-corrected chi connectivity index (χ4v) is 2.82. The first-order valence-corrected chi connectivity index (χ1v) is 8.13. The predicted molar refractivity (Wildman–Crippen MR) is 92.3 cm³/mol. The third kappa shape index (κ3) is 3.21. The predicted octanol–water partition coefficient (Wildman–Crippen LogP) is 1.78. The van der Waals surface area contributed by atoms with Gasteiger partial charge in [0, 0.05) is 6.07 Å². The van der Waals surface area contributed by atoms with E-state index in [1.807, 2.05) is 6.07 Å². The van der Waals surface area contributed by atoms with Gasteiger partial charge in [0.25, 0.3) is 0 Å². The van der Waals surface area contributed by atoms with Gasteiger partial charge >= 0.3 is 5.97 Å². The standard InChI is InChI=1S/C19H19NO6/c1-10(2)24-19(23)15-14(11-6-4-3-5-7-11)17-16(26-18(15)20)13(22)8-12(9-21)25-17/h3-8,10,14,21H,9,20H2,1-2H3. The molecule has 136 valence electrons. The Morgan fingerprint density at radius 2 is 2.00 bits per heavy atom. The van der Waals surface area contributed by atoms with Crippen molar-refractivity contribution in [3.63, 3.8) is 0 Å². The van der Waals surface area contributed by atoms with Gasteiger partial charge in [-0.2, -0.15) is 0 Å². The molecule has 0 amide bonds. The van der Waals surface area contributed by atoms with E-state index in [4.69, 9.17) is 19.6 Å². The van der Waals surface area contributed by atoms with E-state index in [1.54, 1.807) is 38.1 Å². The van der Waals surface area contributed by atoms with Crippen molar-refractivity contribution < 1.29 is 23.8 Å². The minimum atomic E-state index is -0.787. The van der Waals surface area contributed by atoms with Crippen LogP contribution >= 0.6 is 0 Å². The number of carbonyl (C=O) groups is 1. The van der Waals surface area contributed by atoms with Crippen molar-refractivity contribution in [1.82, 2.24) is 0 Å². The second kappa shape index (κ2) is 7.05. The lowest BCUT2D eigenvalue weighted by Crippen LogP contribution is -2.31. The summed E-state index contributed by atoms with van der Waals surface area (Å²) in [5, 5.41) is 9.36. The maximum absolute atomic E-state index is 12.6. The largest absolute Gasteiger partial charge is 0.459 e. The molecule has 1 aromatic carbocycles. The highest BCUT2D eigenvalue weighted by Crippen LogP contribution is 2.41. The van der Waals surface area contributed by atoms with E-state index in [2.05, 4.69) is 0 Å². The number of carbonyl (C=O) groups excluding carboxylic acids is 1. The topological polar surface area (TPSA) is 112 Å². The number of nitrogens with two attached hydrogens (primary N) is 1. The lowest BCUT2D eigenvalue weighted by atomic mass is 9.86. The first-order valence-electron chi connectivity index (χ1n) is 8.13. The average Bonchev–Trinajstić information content (AvgIpc) is 2.61. The molecule has 7 heteroatoms. The number of ether oxygens (including phenoxy) is 2. The van der Waals surface area contributed by atoms with Crippen LogP contribution in [0.3, 0.4) is 0 Å². The van der Waals surface area contributed by atoms with Gasteiger partial charge in [-0.25, -0.2) is 4.79 Å². The summed E-state index contributed by atoms with van der Waals surface area (Å²) < 4.78 is 16.3. The minimum Gasteiger partial charge on any atom is -0.459 e. The average molecular weight is 357 g/mol. The number of hydrogen-bond acceptors (Lipinski definition) is 7. The molecule has 2 heterocycles. The summed E-state index contributed by atoms with van der Waals surface area (Å²) in [5.74, 6) is -1.58. The van der Waals surface area contributed by atoms with Gasteiger partial charge in [-0.1, -0.05) is 30.3 Å². The summed E-state index contributed by atoms with van der Waals surface area (Å²) in [5.41, 5.74) is 6.20. The Balaban J connectivity index is 2.24. The molecule has 0 bridgehead atoms. The third-order valence-corrected chi connectivity index (χ3v) is 3.86. The Hall–Kier alpha value is -3.06. The maximum atomic E-state index is 12.6. The Kier molecular flexibility index (Phi) is 4.81. The molecule has 1 aromatic heterocycles. The van der Waals surface area contributed by atoms with Crippen molar-refractivity contribution in [2.45, 2.75) is 32.5 Å². The SMILES string of the molecule is CC(C)OC(=O)C1=C(N)Oc2c(oc(CO)cc2=O)C1c1ccccc1. The van der Waals surface area contributed by atoms with Crippen LogP contribution in [0.2, 0.25) is 0 Å². The highest BCUT2D eigenvalue weighted by atomic mass is 16.5. The number of aliphatic hydroxyl groups is 1. The number of aliphatic hydroxyl groups excluding tert-OH is 1. The van der Waals surface area contributed by atoms with Crippen molar-refractivity contribution in [3.8, 4) is 5.75 Å². The van der Waals surface area contributed by atoms with Gasteiger partial charge in [-0.05, 0) is 19.4 Å². The summed E-state index contributed by atoms with van der Waals surface area (Å²) in [7, 11) is 0. The molecule has 0 radical (unpaired) electrons. The van der Waals surface area contributed by atoms with Gasteiger partial charge in [0.1, 0.15) is 17.9 Å². The van der Waals surface area contributed by atoms with Crippen molar-refractivity contribution >= 4 is 5.97 Å². The molecule has 0 fully saturated rings. The molecule has 26 heavy (non-hydrogen) atoms. The monoisotopic (exact) mass is 357 g/mol. The highest BCUT2D eigenvalue weighted by molar-refractivity contribution is 5.92. The molecule has 3 N–H and O–H groups in total. The van der Waals surface area contributed by atoms with E-state index in [0.717, 1.165) is 6.07 Å². The lowest BCUT2D eigenvalue weighted by Gasteiger charge is -2.27. The minimum absolute atomic E-state index is 0.0515. The first kappa shape index (κ1) is 17.8. The second-order valence-electron chi connectivity index (χ2n) is 6.11. The van der Waals surface area contributed by atoms with Crippen LogP contribution in [0.15, 0.2) is 57.1 Å². The molecule has 0 aliphatic carbocycles. The zero-order valence-corrected chi connectivity index (χ0v) is 14.4. The van der Waals surface area contributed by atoms with Gasteiger partial charge in [-0.15, -0.1) is 0 Å². The molecule has 0 spiro atoms. The van der Waals surface area contributed by atoms with Crippen LogP contribution in [0.5, 0.6) is 5.75 Å². The fourth-order valence-electron chi connectivity index (χ4n) is 2.82. The number of benzene rings is 1. The summed E-state index contributed by atoms with van der Waals surface area (Å²) in [6.45, 7) is 2.97. The smallest absolute Gasteiger partial charge is 0.340 e. The van der Waals surface area contributed by atoms with Crippen LogP contribution in [0.1, 0.15) is 36.8 Å². The molecule has 0 saturated heterocycles. The molecular weight excluding hydrogens is 338 g/mol. The van der Waals surface area contributed by atoms with Crippen molar-refractivity contribution in [1.29, 1.82) is 0 Å². The molecule has 1 atom stereocenters. The molecule has 1 unspecified atom stereocenters.